The molecule has 1 amide bonds. The molecule has 0 saturated heterocycles. The number of carbonyl (C=O) groups excluding carboxylic acids is 1. The van der Waals surface area contributed by atoms with Gasteiger partial charge in [0.15, 0.2) is 5.13 Å². The van der Waals surface area contributed by atoms with Crippen molar-refractivity contribution in [2.75, 3.05) is 11.9 Å². The van der Waals surface area contributed by atoms with E-state index in [0.29, 0.717) is 12.2 Å². The second-order valence-electron chi connectivity index (χ2n) is 7.43. The molecule has 0 unspecified atom stereocenters. The molecule has 0 aliphatic rings. The summed E-state index contributed by atoms with van der Waals surface area (Å²) in [6.07, 6.45) is 1.61. The van der Waals surface area contributed by atoms with Crippen molar-refractivity contribution in [2.45, 2.75) is 13.8 Å². The minimum atomic E-state index is -0.275. The molecule has 0 radical (unpaired) electrons. The smallest absolute Gasteiger partial charge is 0.271 e. The van der Waals surface area contributed by atoms with Crippen LogP contribution in [0.2, 0.25) is 0 Å². The highest BCUT2D eigenvalue weighted by Gasteiger charge is 2.08. The molecule has 0 fully saturated rings. The molecule has 4 rings (SSSR count). The highest BCUT2D eigenvalue weighted by Crippen LogP contribution is 2.27. The molecule has 0 aliphatic heterocycles. The maximum absolute atomic E-state index is 12.5. The normalized spacial score (nSPS) is 10.9. The van der Waals surface area contributed by atoms with E-state index >= 15 is 0 Å². The number of hydrogen-bond donors (Lipinski definition) is 2. The molecule has 34 heavy (non-hydrogen) atoms. The number of rotatable bonds is 8. The minimum absolute atomic E-state index is 0.275. The van der Waals surface area contributed by atoms with Crippen LogP contribution >= 0.6 is 33.9 Å². The van der Waals surface area contributed by atoms with Crippen molar-refractivity contribution >= 4 is 56.9 Å². The Morgan fingerprint density at radius 2 is 1.88 bits per heavy atom. The third-order valence-corrected chi connectivity index (χ3v) is 6.49. The van der Waals surface area contributed by atoms with E-state index in [2.05, 4.69) is 62.5 Å². The maximum atomic E-state index is 12.5. The van der Waals surface area contributed by atoms with Crippen molar-refractivity contribution in [2.24, 2.45) is 5.10 Å². The van der Waals surface area contributed by atoms with Gasteiger partial charge in [-0.05, 0) is 84.5 Å². The predicted octanol–water partition coefficient (Wildman–Crippen LogP) is 6.63. The Bertz CT molecular complexity index is 1300. The number of anilines is 2. The van der Waals surface area contributed by atoms with Gasteiger partial charge in [0.2, 0.25) is 0 Å². The fraction of sp³-hybridized carbons (Fsp3) is 0.115. The molecule has 0 bridgehead atoms. The van der Waals surface area contributed by atoms with Gasteiger partial charge in [-0.2, -0.15) is 5.10 Å². The summed E-state index contributed by atoms with van der Waals surface area (Å²) in [6.45, 7) is 4.63. The first kappa shape index (κ1) is 23.9. The van der Waals surface area contributed by atoms with E-state index in [1.54, 1.807) is 18.3 Å². The predicted molar refractivity (Wildman–Crippen MR) is 147 cm³/mol. The number of carbonyl (C=O) groups is 1. The van der Waals surface area contributed by atoms with Crippen molar-refractivity contribution in [3.8, 4) is 17.0 Å². The Balaban J connectivity index is 1.35. The monoisotopic (exact) mass is 582 g/mol. The molecule has 3 aromatic carbocycles. The quantitative estimate of drug-likeness (QED) is 0.139. The Hall–Kier alpha value is -3.24. The van der Waals surface area contributed by atoms with Crippen LogP contribution in [0.15, 0.2) is 77.2 Å². The van der Waals surface area contributed by atoms with Crippen LogP contribution in [-0.2, 0) is 0 Å². The van der Waals surface area contributed by atoms with Crippen molar-refractivity contribution in [1.82, 2.24) is 10.4 Å². The molecule has 6 nitrogen and oxygen atoms in total. The summed E-state index contributed by atoms with van der Waals surface area (Å²) in [5.74, 6) is 0.561. The largest absolute Gasteiger partial charge is 0.493 e. The number of aryl methyl sites for hydroxylation is 1. The van der Waals surface area contributed by atoms with E-state index in [-0.39, 0.29) is 5.91 Å². The molecule has 0 spiro atoms. The zero-order chi connectivity index (χ0) is 23.9. The van der Waals surface area contributed by atoms with E-state index in [0.717, 1.165) is 37.0 Å². The average Bonchev–Trinajstić information content (AvgIpc) is 3.31. The molecule has 2 N–H and O–H groups in total. The number of thiazole rings is 1. The lowest BCUT2D eigenvalue weighted by molar-refractivity contribution is 0.0955. The molecule has 0 aliphatic carbocycles. The van der Waals surface area contributed by atoms with Gasteiger partial charge in [-0.15, -0.1) is 11.3 Å². The number of hydrazone groups is 1. The van der Waals surface area contributed by atoms with Crippen LogP contribution < -0.4 is 15.5 Å². The molecule has 1 heterocycles. The van der Waals surface area contributed by atoms with Gasteiger partial charge in [-0.25, -0.2) is 10.4 Å². The van der Waals surface area contributed by atoms with E-state index in [9.17, 15) is 4.79 Å². The van der Waals surface area contributed by atoms with Gasteiger partial charge < -0.3 is 10.1 Å². The maximum Gasteiger partial charge on any atom is 0.271 e. The first-order valence-corrected chi connectivity index (χ1v) is 12.6. The third-order valence-electron chi connectivity index (χ3n) is 4.89. The summed E-state index contributed by atoms with van der Waals surface area (Å²) < 4.78 is 6.53. The van der Waals surface area contributed by atoms with Crippen LogP contribution in [0.1, 0.15) is 28.4 Å². The van der Waals surface area contributed by atoms with E-state index in [1.165, 1.54) is 16.9 Å². The summed E-state index contributed by atoms with van der Waals surface area (Å²) >= 11 is 3.76. The number of hydrogen-bond acceptors (Lipinski definition) is 6. The highest BCUT2D eigenvalue weighted by molar-refractivity contribution is 14.1. The van der Waals surface area contributed by atoms with Gasteiger partial charge in [-0.1, -0.05) is 29.8 Å². The van der Waals surface area contributed by atoms with E-state index in [1.807, 2.05) is 54.8 Å². The van der Waals surface area contributed by atoms with Crippen molar-refractivity contribution in [3.05, 3.63) is 92.4 Å². The first-order valence-electron chi connectivity index (χ1n) is 10.7. The topological polar surface area (TPSA) is 75.6 Å². The lowest BCUT2D eigenvalue weighted by Gasteiger charge is -2.06. The molecule has 0 atom stereocenters. The van der Waals surface area contributed by atoms with Crippen LogP contribution in [0.25, 0.3) is 11.3 Å². The number of amides is 1. The Labute approximate surface area is 216 Å². The van der Waals surface area contributed by atoms with Crippen molar-refractivity contribution < 1.29 is 9.53 Å². The lowest BCUT2D eigenvalue weighted by atomic mass is 10.1. The number of benzene rings is 3. The second-order valence-corrected chi connectivity index (χ2v) is 9.45. The van der Waals surface area contributed by atoms with Gasteiger partial charge in [0.05, 0.1) is 22.1 Å². The van der Waals surface area contributed by atoms with E-state index < -0.39 is 0 Å². The first-order chi connectivity index (χ1) is 16.5. The molecular formula is C26H23IN4O2S. The Morgan fingerprint density at radius 1 is 1.12 bits per heavy atom. The summed E-state index contributed by atoms with van der Waals surface area (Å²) in [6, 6.07) is 21.2. The molecule has 172 valence electrons. The van der Waals surface area contributed by atoms with Crippen LogP contribution in [0.3, 0.4) is 0 Å². The molecule has 8 heteroatoms. The zero-order valence-corrected chi connectivity index (χ0v) is 21.7. The lowest BCUT2D eigenvalue weighted by Crippen LogP contribution is -2.17. The van der Waals surface area contributed by atoms with E-state index in [4.69, 9.17) is 4.74 Å². The average molecular weight is 582 g/mol. The van der Waals surface area contributed by atoms with Gasteiger partial charge in [0, 0.05) is 22.2 Å². The number of ether oxygens (including phenoxy) is 1. The van der Waals surface area contributed by atoms with Gasteiger partial charge in [-0.3, -0.25) is 4.79 Å². The highest BCUT2D eigenvalue weighted by atomic mass is 127. The molecule has 0 saturated carbocycles. The SMILES string of the molecule is CCOc1ccc(/C=N\NC(=O)c2ccc(-c3csc(Nc4ccc(C)cc4)n3)cc2)cc1I. The van der Waals surface area contributed by atoms with Crippen LogP contribution in [0, 0.1) is 10.5 Å². The van der Waals surface area contributed by atoms with Crippen LogP contribution in [0.5, 0.6) is 5.75 Å². The number of nitrogens with zero attached hydrogens (tertiary/aromatic N) is 2. The standard InChI is InChI=1S/C26H23IN4O2S/c1-3-33-24-13-6-18(14-22(24)27)15-28-31-25(32)20-9-7-19(8-10-20)23-16-34-26(30-23)29-21-11-4-17(2)5-12-21/h4-16H,3H2,1-2H3,(H,29,30)(H,31,32)/b28-15-. The second kappa shape index (κ2) is 11.3. The van der Waals surface area contributed by atoms with Crippen molar-refractivity contribution in [1.29, 1.82) is 0 Å². The fourth-order valence-corrected chi connectivity index (χ4v) is 4.55. The molecule has 4 aromatic rings. The summed E-state index contributed by atoms with van der Waals surface area (Å²) in [5.41, 5.74) is 7.99. The summed E-state index contributed by atoms with van der Waals surface area (Å²) in [5, 5.41) is 10.2. The van der Waals surface area contributed by atoms with Gasteiger partial charge >= 0.3 is 0 Å². The molecular weight excluding hydrogens is 559 g/mol. The summed E-state index contributed by atoms with van der Waals surface area (Å²) in [4.78, 5) is 17.1. The number of halogens is 1. The van der Waals surface area contributed by atoms with Gasteiger partial charge in [0.1, 0.15) is 5.75 Å². The van der Waals surface area contributed by atoms with Crippen LogP contribution in [0.4, 0.5) is 10.8 Å². The third kappa shape index (κ3) is 6.21. The Kier molecular flexibility index (Phi) is 7.91. The van der Waals surface area contributed by atoms with Gasteiger partial charge in [0.25, 0.3) is 5.91 Å². The summed E-state index contributed by atoms with van der Waals surface area (Å²) in [7, 11) is 0. The zero-order valence-electron chi connectivity index (χ0n) is 18.7. The van der Waals surface area contributed by atoms with Crippen LogP contribution in [-0.4, -0.2) is 23.7 Å². The number of nitrogens with one attached hydrogen (secondary N) is 2. The van der Waals surface area contributed by atoms with Crippen molar-refractivity contribution in [3.63, 3.8) is 0 Å². The number of aromatic nitrogens is 1. The Morgan fingerprint density at radius 3 is 2.59 bits per heavy atom. The molecule has 1 aromatic heterocycles. The minimum Gasteiger partial charge on any atom is -0.493 e. The fourth-order valence-electron chi connectivity index (χ4n) is 3.12.